The van der Waals surface area contributed by atoms with Crippen LogP contribution in [0.15, 0.2) is 24.3 Å². The molecule has 1 aromatic rings. The van der Waals surface area contributed by atoms with Gasteiger partial charge in [-0.05, 0) is 30.5 Å². The minimum Gasteiger partial charge on any atom is -0.497 e. The van der Waals surface area contributed by atoms with Gasteiger partial charge in [-0.2, -0.15) is 0 Å². The van der Waals surface area contributed by atoms with E-state index in [1.165, 1.54) is 12.8 Å². The highest BCUT2D eigenvalue weighted by molar-refractivity contribution is 5.26. The molecule has 0 amide bonds. The van der Waals surface area contributed by atoms with E-state index in [2.05, 4.69) is 0 Å². The fraction of sp³-hybridized carbons (Fsp3) is 0.571. The van der Waals surface area contributed by atoms with Gasteiger partial charge in [-0.3, -0.25) is 0 Å². The number of hydrogen-bond acceptors (Lipinski definition) is 3. The van der Waals surface area contributed by atoms with Crippen molar-refractivity contribution in [1.82, 2.24) is 0 Å². The number of rotatable bonds is 5. The third kappa shape index (κ3) is 3.45. The van der Waals surface area contributed by atoms with Gasteiger partial charge in [0.05, 0.1) is 20.3 Å². The zero-order valence-electron chi connectivity index (χ0n) is 10.4. The molecular weight excluding hydrogens is 214 g/mol. The molecule has 2 N–H and O–H groups in total. The first-order valence-corrected chi connectivity index (χ1v) is 6.21. The summed E-state index contributed by atoms with van der Waals surface area (Å²) < 4.78 is 10.8. The fourth-order valence-electron chi connectivity index (χ4n) is 2.32. The van der Waals surface area contributed by atoms with Crippen LogP contribution >= 0.6 is 0 Å². The summed E-state index contributed by atoms with van der Waals surface area (Å²) in [5.74, 6) is 0.875. The minimum atomic E-state index is -0.0769. The smallest absolute Gasteiger partial charge is 0.118 e. The van der Waals surface area contributed by atoms with Gasteiger partial charge >= 0.3 is 0 Å². The molecule has 0 unspecified atom stereocenters. The van der Waals surface area contributed by atoms with Crippen molar-refractivity contribution in [1.29, 1.82) is 0 Å². The molecule has 0 aromatic heterocycles. The molecule has 0 saturated heterocycles. The normalized spacial score (nSPS) is 18.2. The van der Waals surface area contributed by atoms with Crippen molar-refractivity contribution in [2.24, 2.45) is 5.73 Å². The van der Waals surface area contributed by atoms with Crippen LogP contribution in [0.25, 0.3) is 0 Å². The molecule has 2 rings (SSSR count). The average molecular weight is 235 g/mol. The molecule has 1 aliphatic carbocycles. The van der Waals surface area contributed by atoms with Gasteiger partial charge in [0.25, 0.3) is 0 Å². The Bertz CT molecular complexity index is 342. The second kappa shape index (κ2) is 5.52. The minimum absolute atomic E-state index is 0.0769. The molecule has 0 aliphatic heterocycles. The molecule has 1 aliphatic rings. The average Bonchev–Trinajstić information content (AvgIpc) is 2.77. The number of ether oxygens (including phenoxy) is 2. The topological polar surface area (TPSA) is 44.5 Å². The largest absolute Gasteiger partial charge is 0.497 e. The second-order valence-electron chi connectivity index (χ2n) is 4.91. The number of nitrogens with two attached hydrogens (primary N) is 1. The van der Waals surface area contributed by atoms with Crippen molar-refractivity contribution in [3.8, 4) is 5.75 Å². The lowest BCUT2D eigenvalue weighted by Gasteiger charge is -2.23. The summed E-state index contributed by atoms with van der Waals surface area (Å²) in [6, 6.07) is 7.95. The molecule has 0 radical (unpaired) electrons. The van der Waals surface area contributed by atoms with Crippen molar-refractivity contribution in [3.63, 3.8) is 0 Å². The van der Waals surface area contributed by atoms with Gasteiger partial charge in [0.15, 0.2) is 0 Å². The van der Waals surface area contributed by atoms with Crippen molar-refractivity contribution >= 4 is 0 Å². The summed E-state index contributed by atoms with van der Waals surface area (Å²) in [5.41, 5.74) is 7.31. The molecule has 17 heavy (non-hydrogen) atoms. The monoisotopic (exact) mass is 235 g/mol. The zero-order valence-corrected chi connectivity index (χ0v) is 10.4. The zero-order chi connectivity index (χ0) is 12.1. The molecule has 0 bridgehead atoms. The Morgan fingerprint density at radius 3 is 2.41 bits per heavy atom. The lowest BCUT2D eigenvalue weighted by molar-refractivity contribution is 0.0751. The predicted octanol–water partition coefficient (Wildman–Crippen LogP) is 2.48. The molecule has 0 spiro atoms. The van der Waals surface area contributed by atoms with E-state index < -0.39 is 0 Å². The Labute approximate surface area is 103 Å². The Kier molecular flexibility index (Phi) is 4.02. The first-order chi connectivity index (χ1) is 8.22. The highest BCUT2D eigenvalue weighted by Crippen LogP contribution is 2.27. The van der Waals surface area contributed by atoms with Gasteiger partial charge in [-0.25, -0.2) is 0 Å². The van der Waals surface area contributed by atoms with Crippen LogP contribution in [0.1, 0.15) is 31.2 Å². The summed E-state index contributed by atoms with van der Waals surface area (Å²) >= 11 is 0. The molecule has 94 valence electrons. The maximum atomic E-state index is 6.22. The predicted molar refractivity (Wildman–Crippen MR) is 68.0 cm³/mol. The number of hydrogen-bond donors (Lipinski definition) is 1. The van der Waals surface area contributed by atoms with Crippen LogP contribution in [0.4, 0.5) is 0 Å². The second-order valence-corrected chi connectivity index (χ2v) is 4.91. The maximum absolute atomic E-state index is 6.22. The lowest BCUT2D eigenvalue weighted by Crippen LogP contribution is -2.41. The van der Waals surface area contributed by atoms with Crippen LogP contribution in [0.3, 0.4) is 0 Å². The first kappa shape index (κ1) is 12.4. The number of methoxy groups -OCH3 is 1. The van der Waals surface area contributed by atoms with Crippen molar-refractivity contribution in [3.05, 3.63) is 29.8 Å². The summed E-state index contributed by atoms with van der Waals surface area (Å²) in [6.07, 6.45) is 4.66. The highest BCUT2D eigenvalue weighted by atomic mass is 16.5. The fourth-order valence-corrected chi connectivity index (χ4v) is 2.32. The Balaban J connectivity index is 1.77. The van der Waals surface area contributed by atoms with Crippen molar-refractivity contribution in [2.75, 3.05) is 13.7 Å². The molecule has 3 heteroatoms. The SMILES string of the molecule is COc1ccc(COCC2(N)CCCC2)cc1. The summed E-state index contributed by atoms with van der Waals surface area (Å²) in [7, 11) is 1.67. The lowest BCUT2D eigenvalue weighted by atomic mass is 10.0. The standard InChI is InChI=1S/C14H21NO2/c1-16-13-6-4-12(5-7-13)10-17-11-14(15)8-2-3-9-14/h4-7H,2-3,8-11,15H2,1H3. The summed E-state index contributed by atoms with van der Waals surface area (Å²) in [6.45, 7) is 1.29. The van der Waals surface area contributed by atoms with Crippen LogP contribution < -0.4 is 10.5 Å². The Morgan fingerprint density at radius 2 is 1.82 bits per heavy atom. The molecule has 1 saturated carbocycles. The van der Waals surface area contributed by atoms with Gasteiger partial charge in [-0.1, -0.05) is 25.0 Å². The van der Waals surface area contributed by atoms with E-state index in [4.69, 9.17) is 15.2 Å². The van der Waals surface area contributed by atoms with Gasteiger partial charge in [0.2, 0.25) is 0 Å². The highest BCUT2D eigenvalue weighted by Gasteiger charge is 2.29. The van der Waals surface area contributed by atoms with Gasteiger partial charge in [0.1, 0.15) is 5.75 Å². The quantitative estimate of drug-likeness (QED) is 0.852. The molecule has 3 nitrogen and oxygen atoms in total. The Hall–Kier alpha value is -1.06. The third-order valence-electron chi connectivity index (χ3n) is 3.42. The maximum Gasteiger partial charge on any atom is 0.118 e. The summed E-state index contributed by atoms with van der Waals surface area (Å²) in [4.78, 5) is 0. The van der Waals surface area contributed by atoms with Crippen molar-refractivity contribution in [2.45, 2.75) is 37.8 Å². The van der Waals surface area contributed by atoms with Gasteiger partial charge < -0.3 is 15.2 Å². The van der Waals surface area contributed by atoms with Crippen LogP contribution in [0.2, 0.25) is 0 Å². The van der Waals surface area contributed by atoms with Crippen LogP contribution in [0, 0.1) is 0 Å². The molecule has 0 heterocycles. The van der Waals surface area contributed by atoms with E-state index in [1.807, 2.05) is 24.3 Å². The van der Waals surface area contributed by atoms with E-state index in [-0.39, 0.29) is 5.54 Å². The van der Waals surface area contributed by atoms with E-state index in [9.17, 15) is 0 Å². The van der Waals surface area contributed by atoms with Gasteiger partial charge in [-0.15, -0.1) is 0 Å². The third-order valence-corrected chi connectivity index (χ3v) is 3.42. The first-order valence-electron chi connectivity index (χ1n) is 6.21. The molecule has 1 aromatic carbocycles. The molecule has 1 fully saturated rings. The van der Waals surface area contributed by atoms with E-state index >= 15 is 0 Å². The van der Waals surface area contributed by atoms with Gasteiger partial charge in [0, 0.05) is 5.54 Å². The molecular formula is C14H21NO2. The van der Waals surface area contributed by atoms with E-state index in [1.54, 1.807) is 7.11 Å². The van der Waals surface area contributed by atoms with Crippen LogP contribution in [0.5, 0.6) is 5.75 Å². The van der Waals surface area contributed by atoms with Crippen LogP contribution in [-0.4, -0.2) is 19.3 Å². The molecule has 0 atom stereocenters. The number of benzene rings is 1. The van der Waals surface area contributed by atoms with E-state index in [0.717, 1.165) is 24.2 Å². The Morgan fingerprint density at radius 1 is 1.18 bits per heavy atom. The van der Waals surface area contributed by atoms with Crippen LogP contribution in [-0.2, 0) is 11.3 Å². The summed E-state index contributed by atoms with van der Waals surface area (Å²) in [5, 5.41) is 0. The van der Waals surface area contributed by atoms with Crippen molar-refractivity contribution < 1.29 is 9.47 Å². The van der Waals surface area contributed by atoms with E-state index in [0.29, 0.717) is 13.2 Å².